The van der Waals surface area contributed by atoms with Crippen molar-refractivity contribution in [3.63, 3.8) is 0 Å². The summed E-state index contributed by atoms with van der Waals surface area (Å²) in [6.07, 6.45) is -0.390. The van der Waals surface area contributed by atoms with Crippen LogP contribution in [0.2, 0.25) is 5.28 Å². The molecule has 4 aromatic rings. The standard InChI is InChI=1S/C25H21ClN6O2/c1-14-10-22(31-30-14)28-23-19-11-32(12-21(19)27-24(26)29-23)25(33)34-13-20-17-8-4-2-6-15(17)16-7-3-5-9-18(16)20/h2-10,20H,11-13H2,1H3,(H2,27,28,29,30,31). The van der Waals surface area contributed by atoms with Gasteiger partial charge in [0, 0.05) is 17.5 Å². The number of nitrogens with one attached hydrogen (secondary N) is 2. The fourth-order valence-electron chi connectivity index (χ4n) is 4.76. The SMILES string of the molecule is Cc1cc(Nc2nc(Cl)nc3c2CN(C(=O)OCC2c4ccccc4-c4ccccc42)C3)[nH]n1. The number of ether oxygens (including phenoxy) is 1. The van der Waals surface area contributed by atoms with Crippen molar-refractivity contribution >= 4 is 29.3 Å². The van der Waals surface area contributed by atoms with E-state index < -0.39 is 0 Å². The Balaban J connectivity index is 1.19. The van der Waals surface area contributed by atoms with Crippen LogP contribution in [0.15, 0.2) is 54.6 Å². The molecule has 0 spiro atoms. The molecular weight excluding hydrogens is 452 g/mol. The van der Waals surface area contributed by atoms with Gasteiger partial charge in [-0.2, -0.15) is 5.10 Å². The van der Waals surface area contributed by atoms with Crippen molar-refractivity contribution in [1.82, 2.24) is 25.1 Å². The number of nitrogens with zero attached hydrogens (tertiary/aromatic N) is 4. The van der Waals surface area contributed by atoms with Crippen molar-refractivity contribution in [2.24, 2.45) is 0 Å². The minimum Gasteiger partial charge on any atom is -0.448 e. The molecule has 3 heterocycles. The van der Waals surface area contributed by atoms with E-state index in [0.29, 0.717) is 30.4 Å². The van der Waals surface area contributed by atoms with Crippen LogP contribution in [-0.4, -0.2) is 37.8 Å². The van der Waals surface area contributed by atoms with Gasteiger partial charge in [0.15, 0.2) is 0 Å². The van der Waals surface area contributed by atoms with Crippen molar-refractivity contribution in [3.8, 4) is 11.1 Å². The zero-order chi connectivity index (χ0) is 23.2. The number of aromatic nitrogens is 4. The third-order valence-corrected chi connectivity index (χ3v) is 6.48. The highest BCUT2D eigenvalue weighted by atomic mass is 35.5. The van der Waals surface area contributed by atoms with E-state index in [1.165, 1.54) is 22.3 Å². The van der Waals surface area contributed by atoms with Gasteiger partial charge in [-0.05, 0) is 40.8 Å². The lowest BCUT2D eigenvalue weighted by Gasteiger charge is -2.18. The molecule has 1 amide bonds. The Kier molecular flexibility index (Phi) is 4.95. The van der Waals surface area contributed by atoms with Crippen molar-refractivity contribution in [2.45, 2.75) is 25.9 Å². The van der Waals surface area contributed by atoms with Crippen LogP contribution in [-0.2, 0) is 17.8 Å². The smallest absolute Gasteiger partial charge is 0.410 e. The molecule has 9 heteroatoms. The van der Waals surface area contributed by atoms with Gasteiger partial charge >= 0.3 is 6.09 Å². The summed E-state index contributed by atoms with van der Waals surface area (Å²) in [5, 5.41) is 10.3. The normalized spacial score (nSPS) is 14.0. The highest BCUT2D eigenvalue weighted by Crippen LogP contribution is 2.44. The van der Waals surface area contributed by atoms with Gasteiger partial charge in [0.1, 0.15) is 18.2 Å². The number of aryl methyl sites for hydroxylation is 1. The summed E-state index contributed by atoms with van der Waals surface area (Å²) in [7, 11) is 0. The highest BCUT2D eigenvalue weighted by molar-refractivity contribution is 6.28. The van der Waals surface area contributed by atoms with Crippen molar-refractivity contribution < 1.29 is 9.53 Å². The van der Waals surface area contributed by atoms with Gasteiger partial charge in [-0.1, -0.05) is 48.5 Å². The maximum absolute atomic E-state index is 13.0. The first-order valence-corrected chi connectivity index (χ1v) is 11.4. The molecule has 8 nitrogen and oxygen atoms in total. The van der Waals surface area contributed by atoms with Crippen LogP contribution in [0.3, 0.4) is 0 Å². The molecular formula is C25H21ClN6O2. The number of benzene rings is 2. The summed E-state index contributed by atoms with van der Waals surface area (Å²) < 4.78 is 5.82. The molecule has 0 unspecified atom stereocenters. The first kappa shape index (κ1) is 20.7. The second-order valence-electron chi connectivity index (χ2n) is 8.47. The molecule has 0 saturated heterocycles. The number of aromatic amines is 1. The van der Waals surface area contributed by atoms with E-state index in [2.05, 4.69) is 49.7 Å². The first-order valence-electron chi connectivity index (χ1n) is 11.0. The summed E-state index contributed by atoms with van der Waals surface area (Å²) in [4.78, 5) is 23.3. The van der Waals surface area contributed by atoms with Crippen LogP contribution in [0.1, 0.15) is 34.0 Å². The average molecular weight is 473 g/mol. The molecule has 0 radical (unpaired) electrons. The van der Waals surface area contributed by atoms with Gasteiger partial charge in [-0.3, -0.25) is 10.00 Å². The molecule has 2 aliphatic rings. The van der Waals surface area contributed by atoms with E-state index in [4.69, 9.17) is 16.3 Å². The lowest BCUT2D eigenvalue weighted by molar-refractivity contribution is 0.0989. The van der Waals surface area contributed by atoms with Gasteiger partial charge in [0.2, 0.25) is 5.28 Å². The topological polar surface area (TPSA) is 96.0 Å². The molecule has 2 aromatic carbocycles. The Labute approximate surface area is 201 Å². The largest absolute Gasteiger partial charge is 0.448 e. The fraction of sp³-hybridized carbons (Fsp3) is 0.200. The first-order chi connectivity index (χ1) is 16.6. The van der Waals surface area contributed by atoms with Crippen LogP contribution in [0.25, 0.3) is 11.1 Å². The Bertz CT molecular complexity index is 1370. The van der Waals surface area contributed by atoms with Crippen LogP contribution < -0.4 is 5.32 Å². The van der Waals surface area contributed by atoms with Gasteiger partial charge in [0.25, 0.3) is 0 Å². The molecule has 34 heavy (non-hydrogen) atoms. The minimum absolute atomic E-state index is 0.0106. The summed E-state index contributed by atoms with van der Waals surface area (Å²) in [5.74, 6) is 1.25. The second kappa shape index (κ2) is 8.14. The molecule has 1 aliphatic carbocycles. The van der Waals surface area contributed by atoms with Crippen molar-refractivity contribution in [3.05, 3.63) is 88.0 Å². The van der Waals surface area contributed by atoms with Crippen LogP contribution in [0.4, 0.5) is 16.4 Å². The van der Waals surface area contributed by atoms with Gasteiger partial charge in [0.05, 0.1) is 24.5 Å². The molecule has 2 aromatic heterocycles. The van der Waals surface area contributed by atoms with Gasteiger partial charge < -0.3 is 10.1 Å². The number of hydrogen-bond donors (Lipinski definition) is 2. The van der Waals surface area contributed by atoms with Crippen LogP contribution in [0.5, 0.6) is 0 Å². The van der Waals surface area contributed by atoms with Gasteiger partial charge in [-0.15, -0.1) is 0 Å². The van der Waals surface area contributed by atoms with E-state index in [-0.39, 0.29) is 23.9 Å². The number of H-pyrrole nitrogens is 1. The molecule has 0 atom stereocenters. The number of fused-ring (bicyclic) bond motifs is 4. The summed E-state index contributed by atoms with van der Waals surface area (Å²) >= 11 is 6.15. The number of hydrogen-bond acceptors (Lipinski definition) is 6. The Hall–Kier alpha value is -3.91. The van der Waals surface area contributed by atoms with E-state index >= 15 is 0 Å². The maximum Gasteiger partial charge on any atom is 0.410 e. The number of amides is 1. The van der Waals surface area contributed by atoms with E-state index in [0.717, 1.165) is 11.3 Å². The molecule has 1 aliphatic heterocycles. The molecule has 2 N–H and O–H groups in total. The summed E-state index contributed by atoms with van der Waals surface area (Å²) in [6, 6.07) is 18.4. The number of anilines is 2. The number of halogens is 1. The van der Waals surface area contributed by atoms with E-state index in [1.54, 1.807) is 4.90 Å². The summed E-state index contributed by atoms with van der Waals surface area (Å²) in [6.45, 7) is 2.80. The second-order valence-corrected chi connectivity index (χ2v) is 8.81. The fourth-order valence-corrected chi connectivity index (χ4v) is 4.94. The molecule has 0 fully saturated rings. The maximum atomic E-state index is 13.0. The van der Waals surface area contributed by atoms with E-state index in [9.17, 15) is 4.79 Å². The highest BCUT2D eigenvalue weighted by Gasteiger charge is 2.32. The number of carbonyl (C=O) groups excluding carboxylic acids is 1. The third kappa shape index (κ3) is 3.56. The van der Waals surface area contributed by atoms with Crippen molar-refractivity contribution in [1.29, 1.82) is 0 Å². The molecule has 170 valence electrons. The quantitative estimate of drug-likeness (QED) is 0.398. The van der Waals surface area contributed by atoms with Crippen LogP contribution >= 0.6 is 11.6 Å². The Morgan fingerprint density at radius 1 is 1.12 bits per heavy atom. The molecule has 6 rings (SSSR count). The lowest BCUT2D eigenvalue weighted by atomic mass is 9.98. The van der Waals surface area contributed by atoms with Crippen LogP contribution in [0, 0.1) is 6.92 Å². The average Bonchev–Trinajstić information content (AvgIpc) is 3.53. The number of carbonyl (C=O) groups is 1. The minimum atomic E-state index is -0.390. The van der Waals surface area contributed by atoms with Gasteiger partial charge in [-0.25, -0.2) is 14.8 Å². The summed E-state index contributed by atoms with van der Waals surface area (Å²) in [5.41, 5.74) is 7.11. The molecule has 0 bridgehead atoms. The predicted octanol–water partition coefficient (Wildman–Crippen LogP) is 5.17. The monoisotopic (exact) mass is 472 g/mol. The molecule has 0 saturated carbocycles. The zero-order valence-corrected chi connectivity index (χ0v) is 19.1. The Morgan fingerprint density at radius 2 is 1.82 bits per heavy atom. The zero-order valence-electron chi connectivity index (χ0n) is 18.4. The lowest BCUT2D eigenvalue weighted by Crippen LogP contribution is -2.27. The third-order valence-electron chi connectivity index (χ3n) is 6.31. The van der Waals surface area contributed by atoms with E-state index in [1.807, 2.05) is 37.3 Å². The Morgan fingerprint density at radius 3 is 2.50 bits per heavy atom. The van der Waals surface area contributed by atoms with Crippen molar-refractivity contribution in [2.75, 3.05) is 11.9 Å². The predicted molar refractivity (Wildman–Crippen MR) is 128 cm³/mol. The number of rotatable bonds is 4.